The first kappa shape index (κ1) is 97.4. The van der Waals surface area contributed by atoms with Gasteiger partial charge in [0.05, 0.1) is 0 Å². The van der Waals surface area contributed by atoms with Crippen LogP contribution in [0.25, 0.3) is 0 Å². The van der Waals surface area contributed by atoms with Crippen molar-refractivity contribution in [2.75, 3.05) is 0 Å². The summed E-state index contributed by atoms with van der Waals surface area (Å²) in [7, 11) is 0. The molecule has 3 heterocycles. The van der Waals surface area contributed by atoms with Gasteiger partial charge in [-0.3, -0.25) is 0 Å². The fourth-order valence-corrected chi connectivity index (χ4v) is 9.53. The van der Waals surface area contributed by atoms with Crippen molar-refractivity contribution in [1.82, 2.24) is 14.1 Å². The van der Waals surface area contributed by atoms with Crippen molar-refractivity contribution >= 4 is 0 Å². The summed E-state index contributed by atoms with van der Waals surface area (Å²) >= 11 is 0. The van der Waals surface area contributed by atoms with Gasteiger partial charge in [-0.15, -0.1) is 0 Å². The Kier molecular flexibility index (Phi) is 43.8. The fourth-order valence-electron chi connectivity index (χ4n) is 9.53. The molecule has 0 radical (unpaired) electrons. The zero-order chi connectivity index (χ0) is 73.7. The maximum Gasteiger partial charge on any atom is 0.0358 e. The normalized spacial score (nSPS) is 14.3. The average Bonchev–Trinajstić information content (AvgIpc) is 2.59. The molecule has 0 bridgehead atoms. The molecule has 3 nitrogen and oxygen atoms in total. The third kappa shape index (κ3) is 37.2. The number of allylic oxidation sites excluding steroid dienone is 12. The van der Waals surface area contributed by atoms with Crippen LogP contribution in [0.3, 0.4) is 0 Å². The lowest BCUT2D eigenvalue weighted by Crippen LogP contribution is -2.28. The number of H-pyrrole nitrogens is 1. The molecule has 528 valence electrons. The van der Waals surface area contributed by atoms with E-state index >= 15 is 0 Å². The number of hydrogen-bond acceptors (Lipinski definition) is 0. The van der Waals surface area contributed by atoms with Gasteiger partial charge in [0.25, 0.3) is 0 Å². The van der Waals surface area contributed by atoms with Crippen LogP contribution in [-0.2, 0) is 32.7 Å². The number of nitrogens with one attached hydrogen (secondary N) is 1. The lowest BCUT2D eigenvalue weighted by Gasteiger charge is -2.31. The zero-order valence-corrected chi connectivity index (χ0v) is 70.6. The van der Waals surface area contributed by atoms with Crippen molar-refractivity contribution in [3.8, 4) is 0 Å². The Labute approximate surface area is 569 Å². The monoisotopic (exact) mass is 1250 g/mol. The molecule has 3 aliphatic carbocycles. The molecular formula is C87H165N3. The molecule has 0 fully saturated rings. The largest absolute Gasteiger partial charge is 0.361 e. The number of nitrogens with zero attached hydrogens (tertiary/aromatic N) is 2. The zero-order valence-electron chi connectivity index (χ0n) is 70.6. The van der Waals surface area contributed by atoms with Crippen molar-refractivity contribution in [2.45, 2.75) is 384 Å². The van der Waals surface area contributed by atoms with E-state index in [-0.39, 0.29) is 32.7 Å². The second-order valence-corrected chi connectivity index (χ2v) is 35.2. The molecule has 0 spiro atoms. The minimum absolute atomic E-state index is 0.187. The molecule has 3 aromatic rings. The van der Waals surface area contributed by atoms with Crippen LogP contribution in [0.2, 0.25) is 0 Å². The number of rotatable bonds is 0. The molecular weight excluding hydrogens is 1090 g/mol. The Morgan fingerprint density at radius 1 is 0.356 bits per heavy atom. The van der Waals surface area contributed by atoms with Crippen LogP contribution in [0.5, 0.6) is 0 Å². The predicted molar refractivity (Wildman–Crippen MR) is 422 cm³/mol. The Bertz CT molecular complexity index is 2350. The van der Waals surface area contributed by atoms with Gasteiger partial charge in [0, 0.05) is 63.0 Å². The van der Waals surface area contributed by atoms with E-state index < -0.39 is 0 Å². The molecule has 3 heteroatoms. The molecule has 0 atom stereocenters. The summed E-state index contributed by atoms with van der Waals surface area (Å²) in [5, 5.41) is 0. The van der Waals surface area contributed by atoms with Gasteiger partial charge in [-0.1, -0.05) is 338 Å². The first-order chi connectivity index (χ1) is 40.3. The predicted octanol–water partition coefficient (Wildman–Crippen LogP) is 29.9. The highest BCUT2D eigenvalue weighted by Crippen LogP contribution is 2.45. The summed E-state index contributed by atoms with van der Waals surface area (Å²) in [6.45, 7) is 106. The van der Waals surface area contributed by atoms with Gasteiger partial charge in [-0.2, -0.15) is 0 Å². The van der Waals surface area contributed by atoms with Crippen molar-refractivity contribution in [1.29, 1.82) is 0 Å². The highest BCUT2D eigenvalue weighted by atomic mass is 15.0. The lowest BCUT2D eigenvalue weighted by molar-refractivity contribution is 0.361. The number of hydrogen-bond donors (Lipinski definition) is 1. The van der Waals surface area contributed by atoms with Crippen LogP contribution in [-0.4, -0.2) is 14.1 Å². The van der Waals surface area contributed by atoms with Gasteiger partial charge in [0.15, 0.2) is 0 Å². The van der Waals surface area contributed by atoms with E-state index in [0.29, 0.717) is 32.5 Å². The van der Waals surface area contributed by atoms with Gasteiger partial charge in [0.2, 0.25) is 0 Å². The van der Waals surface area contributed by atoms with Crippen LogP contribution in [0, 0.1) is 32.5 Å². The molecule has 1 N–H and O–H groups in total. The molecule has 0 unspecified atom stereocenters. The van der Waals surface area contributed by atoms with Crippen LogP contribution in [0.1, 0.15) is 374 Å². The standard InChI is InChI=1S/3C13H22.3C12H21N.6C2H6/c1-12(2,3)10-7-8-11(9-10)13(4,5)6;2*1-12(2,3)10-8-7-9-11(10)13(4,5)6;1-11(2,3)10-7-8-13(9-10)12(4,5)6;1-11(2,3)10-8-7-9-13(10)12(4,5)6;1-11(2,3)9-7-8-10(13-9)12(4,5)6;6*1-2/h7,9H,8H2,1-6H3;8-9H,7H2,1-6H3;7-8H,9H2,1-6H3;2*7-9H,1-6H3;7-8,13H,1-6H3;6*1-2H3. The van der Waals surface area contributed by atoms with Crippen LogP contribution < -0.4 is 0 Å². The molecule has 3 aromatic heterocycles. The first-order valence-corrected chi connectivity index (χ1v) is 36.1. The molecule has 0 saturated carbocycles. The summed E-state index contributed by atoms with van der Waals surface area (Å²) in [5.74, 6) is 0. The Balaban J connectivity index is -0.000000227. The Hall–Kier alpha value is -3.72. The maximum atomic E-state index is 3.49. The van der Waals surface area contributed by atoms with E-state index in [1.807, 2.05) is 83.1 Å². The second-order valence-electron chi connectivity index (χ2n) is 35.2. The summed E-state index contributed by atoms with van der Waals surface area (Å²) in [5.41, 5.74) is 18.0. The first-order valence-electron chi connectivity index (χ1n) is 36.1. The van der Waals surface area contributed by atoms with Gasteiger partial charge in [-0.25, -0.2) is 0 Å². The lowest BCUT2D eigenvalue weighted by atomic mass is 9.74. The Morgan fingerprint density at radius 3 is 0.967 bits per heavy atom. The third-order valence-electron chi connectivity index (χ3n) is 14.8. The molecule has 6 rings (SSSR count). The van der Waals surface area contributed by atoms with E-state index in [1.54, 1.807) is 27.9 Å². The molecule has 0 aromatic carbocycles. The molecule has 0 aliphatic heterocycles. The van der Waals surface area contributed by atoms with Crippen molar-refractivity contribution in [3.05, 3.63) is 141 Å². The van der Waals surface area contributed by atoms with Gasteiger partial charge in [-0.05, 0) is 157 Å². The van der Waals surface area contributed by atoms with E-state index in [9.17, 15) is 0 Å². The SMILES string of the molecule is CC.CC.CC.CC.CC.CC.CC(C)(C)C1=C(C(C)(C)C)CC=C1.CC(C)(C)C1=CCC(C(C)(C)C)=C1.CC(C)(C)C1=CCC=C1C(C)(C)C.CC(C)(C)c1ccc(C(C)(C)C)[nH]1.CC(C)(C)c1cccn1C(C)(C)C.CC(C)(C)c1ccn(C(C)(C)C)c1. The summed E-state index contributed by atoms with van der Waals surface area (Å²) in [6, 6.07) is 10.9. The quantitative estimate of drug-likeness (QED) is 0.232. The summed E-state index contributed by atoms with van der Waals surface area (Å²) in [6.07, 6.45) is 24.1. The summed E-state index contributed by atoms with van der Waals surface area (Å²) in [4.78, 5) is 3.49. The number of aromatic amines is 1. The maximum absolute atomic E-state index is 3.49. The van der Waals surface area contributed by atoms with Crippen LogP contribution >= 0.6 is 0 Å². The fraction of sp³-hybridized carbons (Fsp3) is 0.724. The topological polar surface area (TPSA) is 25.6 Å². The molecule has 0 saturated heterocycles. The average molecular weight is 1250 g/mol. The van der Waals surface area contributed by atoms with E-state index in [1.165, 1.54) is 28.2 Å². The van der Waals surface area contributed by atoms with Crippen molar-refractivity contribution in [3.63, 3.8) is 0 Å². The molecule has 3 aliphatic rings. The smallest absolute Gasteiger partial charge is 0.0358 e. The van der Waals surface area contributed by atoms with Crippen LogP contribution in [0.4, 0.5) is 0 Å². The minimum Gasteiger partial charge on any atom is -0.361 e. The summed E-state index contributed by atoms with van der Waals surface area (Å²) < 4.78 is 4.63. The highest BCUT2D eigenvalue weighted by Gasteiger charge is 2.31. The van der Waals surface area contributed by atoms with Gasteiger partial charge in [0.1, 0.15) is 0 Å². The third-order valence-corrected chi connectivity index (χ3v) is 14.8. The highest BCUT2D eigenvalue weighted by molar-refractivity contribution is 5.44. The van der Waals surface area contributed by atoms with E-state index in [4.69, 9.17) is 0 Å². The minimum atomic E-state index is 0.187. The van der Waals surface area contributed by atoms with Gasteiger partial charge < -0.3 is 14.1 Å². The van der Waals surface area contributed by atoms with E-state index in [2.05, 4.69) is 349 Å². The molecule has 0 amide bonds. The van der Waals surface area contributed by atoms with Crippen molar-refractivity contribution in [2.24, 2.45) is 32.5 Å². The number of aromatic nitrogens is 3. The van der Waals surface area contributed by atoms with Crippen LogP contribution in [0.15, 0.2) is 119 Å². The molecule has 90 heavy (non-hydrogen) atoms. The Morgan fingerprint density at radius 2 is 0.756 bits per heavy atom. The van der Waals surface area contributed by atoms with Gasteiger partial charge >= 0.3 is 0 Å². The van der Waals surface area contributed by atoms with Crippen molar-refractivity contribution < 1.29 is 0 Å². The van der Waals surface area contributed by atoms with E-state index in [0.717, 1.165) is 19.3 Å². The second kappa shape index (κ2) is 40.5.